The summed E-state index contributed by atoms with van der Waals surface area (Å²) >= 11 is 0. The molecule has 0 aliphatic heterocycles. The topological polar surface area (TPSA) is 132 Å². The number of alkyl halides is 3. The smallest absolute Gasteiger partial charge is 0.244 e. The minimum absolute atomic E-state index is 0.0199. The maximum Gasteiger partial charge on any atom is 0.511 e. The SMILES string of the molecule is [C-]#[N+]c1ccc(S(=O)(=O)c2ccc(C(C)NS(=O)(=O)C(F)(F)F)cc2)c(S(=O)(=O)c2ccccn2)c1. The van der Waals surface area contributed by atoms with Crippen LogP contribution in [0.5, 0.6) is 0 Å². The third-order valence-corrected chi connectivity index (χ3v) is 9.81. The van der Waals surface area contributed by atoms with E-state index in [9.17, 15) is 38.4 Å². The van der Waals surface area contributed by atoms with Crippen LogP contribution in [0.15, 0.2) is 86.6 Å². The lowest BCUT2D eigenvalue weighted by Gasteiger charge is -2.17. The van der Waals surface area contributed by atoms with Gasteiger partial charge in [-0.25, -0.2) is 39.8 Å². The number of nitrogens with one attached hydrogen (secondary N) is 1. The Labute approximate surface area is 205 Å². The third-order valence-electron chi connectivity index (χ3n) is 4.88. The number of hydrogen-bond donors (Lipinski definition) is 1. The number of aromatic nitrogens is 1. The van der Waals surface area contributed by atoms with Gasteiger partial charge in [0, 0.05) is 12.2 Å². The number of halogens is 3. The van der Waals surface area contributed by atoms with Crippen LogP contribution in [0.3, 0.4) is 0 Å². The van der Waals surface area contributed by atoms with Crippen molar-refractivity contribution >= 4 is 35.4 Å². The van der Waals surface area contributed by atoms with Crippen molar-refractivity contribution in [2.75, 3.05) is 0 Å². The molecule has 15 heteroatoms. The predicted octanol–water partition coefficient (Wildman–Crippen LogP) is 3.80. The molecule has 0 aliphatic rings. The van der Waals surface area contributed by atoms with Crippen LogP contribution in [0.25, 0.3) is 4.85 Å². The number of benzene rings is 2. The van der Waals surface area contributed by atoms with Crippen molar-refractivity contribution < 1.29 is 38.4 Å². The van der Waals surface area contributed by atoms with E-state index < -0.39 is 61.0 Å². The summed E-state index contributed by atoms with van der Waals surface area (Å²) in [7, 11) is -14.6. The number of hydrogen-bond acceptors (Lipinski definition) is 7. The minimum atomic E-state index is -5.65. The summed E-state index contributed by atoms with van der Waals surface area (Å²) in [6.07, 6.45) is 1.20. The van der Waals surface area contributed by atoms with E-state index in [4.69, 9.17) is 6.57 Å². The number of sulfonamides is 1. The van der Waals surface area contributed by atoms with Crippen LogP contribution in [0.4, 0.5) is 18.9 Å². The molecule has 1 atom stereocenters. The van der Waals surface area contributed by atoms with Crippen LogP contribution < -0.4 is 4.72 Å². The molecule has 0 bridgehead atoms. The second-order valence-corrected chi connectivity index (χ2v) is 12.8. The fraction of sp³-hybridized carbons (Fsp3) is 0.143. The zero-order chi connectivity index (χ0) is 26.9. The van der Waals surface area contributed by atoms with E-state index in [0.717, 1.165) is 55.5 Å². The van der Waals surface area contributed by atoms with Gasteiger partial charge in [0.15, 0.2) is 10.7 Å². The lowest BCUT2D eigenvalue weighted by molar-refractivity contribution is -0.0450. The van der Waals surface area contributed by atoms with Gasteiger partial charge in [0.1, 0.15) is 0 Å². The zero-order valence-electron chi connectivity index (χ0n) is 18.1. The van der Waals surface area contributed by atoms with E-state index in [1.807, 2.05) is 0 Å². The first-order valence-corrected chi connectivity index (χ1v) is 14.2. The van der Waals surface area contributed by atoms with Gasteiger partial charge in [-0.1, -0.05) is 30.3 Å². The first-order chi connectivity index (χ1) is 16.6. The standard InChI is InChI=1S/C21H16F3N3O6S3/c1-14(27-36(32,33)21(22,23)24)15-6-9-17(10-7-15)34(28,29)18-11-8-16(25-2)13-19(18)35(30,31)20-5-3-4-12-26-20/h3-14,27H,1H3. The molecule has 1 N–H and O–H groups in total. The summed E-state index contributed by atoms with van der Waals surface area (Å²) in [5.74, 6) is 0. The highest BCUT2D eigenvalue weighted by atomic mass is 32.2. The van der Waals surface area contributed by atoms with E-state index >= 15 is 0 Å². The van der Waals surface area contributed by atoms with E-state index in [0.29, 0.717) is 0 Å². The maximum absolute atomic E-state index is 13.4. The van der Waals surface area contributed by atoms with Crippen molar-refractivity contribution in [2.24, 2.45) is 0 Å². The van der Waals surface area contributed by atoms with Gasteiger partial charge in [-0.2, -0.15) is 13.2 Å². The minimum Gasteiger partial charge on any atom is -0.244 e. The first kappa shape index (κ1) is 27.3. The Kier molecular flexibility index (Phi) is 7.29. The van der Waals surface area contributed by atoms with Crippen LogP contribution >= 0.6 is 0 Å². The lowest BCUT2D eigenvalue weighted by atomic mass is 10.1. The molecule has 1 heterocycles. The zero-order valence-corrected chi connectivity index (χ0v) is 20.6. The summed E-state index contributed by atoms with van der Waals surface area (Å²) < 4.78 is 115. The van der Waals surface area contributed by atoms with Gasteiger partial charge in [0.2, 0.25) is 19.7 Å². The van der Waals surface area contributed by atoms with Gasteiger partial charge >= 0.3 is 15.5 Å². The van der Waals surface area contributed by atoms with Crippen molar-refractivity contribution in [1.82, 2.24) is 9.71 Å². The normalized spacial score (nSPS) is 13.6. The first-order valence-electron chi connectivity index (χ1n) is 9.72. The summed E-state index contributed by atoms with van der Waals surface area (Å²) in [5, 5.41) is -0.440. The van der Waals surface area contributed by atoms with Gasteiger partial charge in [-0.15, -0.1) is 0 Å². The average Bonchev–Trinajstić information content (AvgIpc) is 2.83. The third kappa shape index (κ3) is 5.26. The Morgan fingerprint density at radius 3 is 2.06 bits per heavy atom. The lowest BCUT2D eigenvalue weighted by Crippen LogP contribution is -2.37. The molecule has 190 valence electrons. The number of rotatable bonds is 7. The Hall–Kier alpha value is -3.32. The average molecular weight is 560 g/mol. The monoisotopic (exact) mass is 559 g/mol. The molecular formula is C21H16F3N3O6S3. The Balaban J connectivity index is 2.06. The van der Waals surface area contributed by atoms with E-state index in [1.54, 1.807) is 0 Å². The van der Waals surface area contributed by atoms with Gasteiger partial charge in [0.25, 0.3) is 0 Å². The Morgan fingerprint density at radius 1 is 0.889 bits per heavy atom. The molecule has 36 heavy (non-hydrogen) atoms. The quantitative estimate of drug-likeness (QED) is 0.436. The summed E-state index contributed by atoms with van der Waals surface area (Å²) in [6, 6.07) is 9.85. The summed E-state index contributed by atoms with van der Waals surface area (Å²) in [4.78, 5) is 5.18. The number of sulfone groups is 2. The summed E-state index contributed by atoms with van der Waals surface area (Å²) in [6.45, 7) is 8.28. The second-order valence-electron chi connectivity index (χ2n) is 7.28. The van der Waals surface area contributed by atoms with Gasteiger partial charge in [-0.3, -0.25) is 0 Å². The molecule has 2 aromatic carbocycles. The molecule has 0 spiro atoms. The van der Waals surface area contributed by atoms with Crippen LogP contribution in [0.2, 0.25) is 0 Å². The number of pyridine rings is 1. The highest BCUT2D eigenvalue weighted by Crippen LogP contribution is 2.34. The molecule has 0 fully saturated rings. The molecule has 1 aromatic heterocycles. The Bertz CT molecular complexity index is 1650. The van der Waals surface area contributed by atoms with Crippen molar-refractivity contribution in [3.8, 4) is 0 Å². The van der Waals surface area contributed by atoms with E-state index in [-0.39, 0.29) is 11.3 Å². The summed E-state index contributed by atoms with van der Waals surface area (Å²) in [5.41, 5.74) is -5.64. The Morgan fingerprint density at radius 2 is 1.53 bits per heavy atom. The van der Waals surface area contributed by atoms with Crippen molar-refractivity contribution in [2.45, 2.75) is 38.2 Å². The second kappa shape index (κ2) is 9.62. The molecule has 0 saturated heterocycles. The van der Waals surface area contributed by atoms with Crippen molar-refractivity contribution in [3.63, 3.8) is 0 Å². The van der Waals surface area contributed by atoms with Gasteiger partial charge in [-0.05, 0) is 42.8 Å². The van der Waals surface area contributed by atoms with E-state index in [1.165, 1.54) is 23.1 Å². The van der Waals surface area contributed by atoms with Crippen molar-refractivity contribution in [1.29, 1.82) is 0 Å². The molecule has 0 saturated carbocycles. The van der Waals surface area contributed by atoms with Crippen LogP contribution in [-0.2, 0) is 29.7 Å². The molecular weight excluding hydrogens is 543 g/mol. The molecule has 0 amide bonds. The van der Waals surface area contributed by atoms with Gasteiger partial charge < -0.3 is 0 Å². The molecule has 0 radical (unpaired) electrons. The van der Waals surface area contributed by atoms with Crippen LogP contribution in [0.1, 0.15) is 18.5 Å². The van der Waals surface area contributed by atoms with E-state index in [2.05, 4.69) is 9.83 Å². The number of nitrogens with zero attached hydrogens (tertiary/aromatic N) is 2. The molecule has 3 aromatic rings. The maximum atomic E-state index is 13.4. The fourth-order valence-corrected chi connectivity index (χ4v) is 7.05. The fourth-order valence-electron chi connectivity index (χ4n) is 3.05. The largest absolute Gasteiger partial charge is 0.511 e. The van der Waals surface area contributed by atoms with Crippen LogP contribution in [-0.4, -0.2) is 35.7 Å². The molecule has 0 aliphatic carbocycles. The van der Waals surface area contributed by atoms with Crippen LogP contribution in [0, 0.1) is 6.57 Å². The van der Waals surface area contributed by atoms with Crippen molar-refractivity contribution in [3.05, 3.63) is 83.8 Å². The molecule has 3 rings (SSSR count). The van der Waals surface area contributed by atoms with Gasteiger partial charge in [0.05, 0.1) is 21.3 Å². The molecule has 1 unspecified atom stereocenters. The predicted molar refractivity (Wildman–Crippen MR) is 121 cm³/mol. The highest BCUT2D eigenvalue weighted by molar-refractivity contribution is 7.94. The highest BCUT2D eigenvalue weighted by Gasteiger charge is 2.46. The molecule has 9 nitrogen and oxygen atoms in total.